The van der Waals surface area contributed by atoms with Crippen molar-refractivity contribution in [3.8, 4) is 0 Å². The molecule has 0 amide bonds. The molecule has 116 valence electrons. The van der Waals surface area contributed by atoms with Gasteiger partial charge in [-0.3, -0.25) is 4.99 Å². The standard InChI is InChI=1S/C16H14F2N2S.HI/c1-21-16-19-14(10-2-6-12(17)7-3-10)15(20-16)11-4-8-13(18)9-5-11;/h2-9,14-15H,1H3,(H,19,20);1H/t14-,15+;. The number of hydrogen-bond donors (Lipinski definition) is 1. The molecular formula is C16H15F2IN2S. The van der Waals surface area contributed by atoms with Crippen molar-refractivity contribution in [3.05, 3.63) is 71.3 Å². The Morgan fingerprint density at radius 3 is 1.91 bits per heavy atom. The molecule has 0 aliphatic carbocycles. The lowest BCUT2D eigenvalue weighted by atomic mass is 9.95. The predicted octanol–water partition coefficient (Wildman–Crippen LogP) is 4.69. The Kier molecular flexibility index (Phi) is 5.80. The van der Waals surface area contributed by atoms with Crippen LogP contribution in [0.15, 0.2) is 53.5 Å². The van der Waals surface area contributed by atoms with E-state index in [0.29, 0.717) is 0 Å². The van der Waals surface area contributed by atoms with Crippen molar-refractivity contribution in [1.29, 1.82) is 0 Å². The molecule has 22 heavy (non-hydrogen) atoms. The summed E-state index contributed by atoms with van der Waals surface area (Å²) >= 11 is 1.53. The van der Waals surface area contributed by atoms with Crippen molar-refractivity contribution in [1.82, 2.24) is 5.32 Å². The number of nitrogens with zero attached hydrogens (tertiary/aromatic N) is 1. The molecule has 1 aliphatic rings. The summed E-state index contributed by atoms with van der Waals surface area (Å²) in [6, 6.07) is 12.5. The Hall–Kier alpha value is -1.15. The SMILES string of the molecule is CSC1=N[C@@H](c2ccc(F)cc2)[C@@H](c2ccc(F)cc2)N1.I. The normalized spacial score (nSPS) is 20.0. The Morgan fingerprint density at radius 1 is 0.909 bits per heavy atom. The van der Waals surface area contributed by atoms with E-state index in [0.717, 1.165) is 16.3 Å². The maximum atomic E-state index is 13.1. The van der Waals surface area contributed by atoms with Crippen LogP contribution in [0.5, 0.6) is 0 Å². The van der Waals surface area contributed by atoms with Crippen LogP contribution in [0.4, 0.5) is 8.78 Å². The molecule has 2 nitrogen and oxygen atoms in total. The molecule has 0 aromatic heterocycles. The van der Waals surface area contributed by atoms with Crippen LogP contribution in [0.25, 0.3) is 0 Å². The first kappa shape index (κ1) is 17.2. The lowest BCUT2D eigenvalue weighted by molar-refractivity contribution is 0.566. The average Bonchev–Trinajstić information content (AvgIpc) is 2.93. The fraction of sp³-hybridized carbons (Fsp3) is 0.188. The second-order valence-corrected chi connectivity index (χ2v) is 5.60. The number of nitrogens with one attached hydrogen (secondary N) is 1. The van der Waals surface area contributed by atoms with E-state index in [2.05, 4.69) is 10.3 Å². The van der Waals surface area contributed by atoms with Gasteiger partial charge in [-0.05, 0) is 41.6 Å². The van der Waals surface area contributed by atoms with Crippen LogP contribution in [0.2, 0.25) is 0 Å². The summed E-state index contributed by atoms with van der Waals surface area (Å²) in [6.45, 7) is 0. The average molecular weight is 432 g/mol. The molecule has 2 aromatic rings. The van der Waals surface area contributed by atoms with E-state index in [-0.39, 0.29) is 47.7 Å². The third-order valence-electron chi connectivity index (χ3n) is 3.49. The molecule has 1 heterocycles. The Labute approximate surface area is 149 Å². The highest BCUT2D eigenvalue weighted by atomic mass is 127. The monoisotopic (exact) mass is 432 g/mol. The lowest BCUT2D eigenvalue weighted by Gasteiger charge is -2.19. The molecule has 0 bridgehead atoms. The van der Waals surface area contributed by atoms with Gasteiger partial charge in [0.15, 0.2) is 5.17 Å². The Morgan fingerprint density at radius 2 is 1.41 bits per heavy atom. The summed E-state index contributed by atoms with van der Waals surface area (Å²) in [5.41, 5.74) is 1.89. The van der Waals surface area contributed by atoms with Gasteiger partial charge in [-0.15, -0.1) is 24.0 Å². The summed E-state index contributed by atoms with van der Waals surface area (Å²) in [5, 5.41) is 4.17. The number of halogens is 3. The van der Waals surface area contributed by atoms with E-state index in [1.165, 1.54) is 36.0 Å². The predicted molar refractivity (Wildman–Crippen MR) is 97.8 cm³/mol. The summed E-state index contributed by atoms with van der Waals surface area (Å²) in [5.74, 6) is -0.529. The van der Waals surface area contributed by atoms with Crippen LogP contribution in [0.1, 0.15) is 23.2 Å². The lowest BCUT2D eigenvalue weighted by Crippen LogP contribution is -2.22. The van der Waals surface area contributed by atoms with E-state index in [1.807, 2.05) is 6.26 Å². The molecule has 1 N–H and O–H groups in total. The maximum Gasteiger partial charge on any atom is 0.157 e. The second kappa shape index (κ2) is 7.41. The van der Waals surface area contributed by atoms with E-state index < -0.39 is 0 Å². The van der Waals surface area contributed by atoms with Gasteiger partial charge >= 0.3 is 0 Å². The quantitative estimate of drug-likeness (QED) is 0.697. The minimum absolute atomic E-state index is 0. The zero-order valence-corrected chi connectivity index (χ0v) is 14.9. The number of hydrogen-bond acceptors (Lipinski definition) is 3. The number of rotatable bonds is 2. The summed E-state index contributed by atoms with van der Waals surface area (Å²) in [6.07, 6.45) is 1.95. The third-order valence-corrected chi connectivity index (χ3v) is 4.10. The number of thioether (sulfide) groups is 1. The van der Waals surface area contributed by atoms with Crippen LogP contribution in [-0.2, 0) is 0 Å². The van der Waals surface area contributed by atoms with Crippen molar-refractivity contribution in [2.45, 2.75) is 12.1 Å². The first-order chi connectivity index (χ1) is 10.2. The van der Waals surface area contributed by atoms with Crippen LogP contribution >= 0.6 is 35.7 Å². The van der Waals surface area contributed by atoms with Gasteiger partial charge in [0.25, 0.3) is 0 Å². The summed E-state index contributed by atoms with van der Waals surface area (Å²) in [7, 11) is 0. The van der Waals surface area contributed by atoms with E-state index in [4.69, 9.17) is 0 Å². The minimum Gasteiger partial charge on any atom is -0.356 e. The Bertz CT molecular complexity index is 659. The van der Waals surface area contributed by atoms with Crippen molar-refractivity contribution in [2.24, 2.45) is 4.99 Å². The van der Waals surface area contributed by atoms with Crippen molar-refractivity contribution < 1.29 is 8.78 Å². The van der Waals surface area contributed by atoms with Gasteiger partial charge in [0.1, 0.15) is 17.7 Å². The highest BCUT2D eigenvalue weighted by Crippen LogP contribution is 2.37. The first-order valence-electron chi connectivity index (χ1n) is 6.56. The van der Waals surface area contributed by atoms with Crippen LogP contribution in [-0.4, -0.2) is 11.4 Å². The van der Waals surface area contributed by atoms with Crippen molar-refractivity contribution in [2.75, 3.05) is 6.26 Å². The van der Waals surface area contributed by atoms with Gasteiger partial charge in [-0.1, -0.05) is 36.0 Å². The first-order valence-corrected chi connectivity index (χ1v) is 7.79. The number of amidine groups is 1. The maximum absolute atomic E-state index is 13.1. The second-order valence-electron chi connectivity index (χ2n) is 4.81. The third kappa shape index (κ3) is 3.60. The zero-order valence-electron chi connectivity index (χ0n) is 11.8. The van der Waals surface area contributed by atoms with E-state index in [1.54, 1.807) is 24.3 Å². The molecule has 0 saturated heterocycles. The smallest absolute Gasteiger partial charge is 0.157 e. The van der Waals surface area contributed by atoms with Gasteiger partial charge < -0.3 is 5.32 Å². The van der Waals surface area contributed by atoms with Gasteiger partial charge in [0.05, 0.1) is 6.04 Å². The zero-order chi connectivity index (χ0) is 14.8. The minimum atomic E-state index is -0.267. The molecule has 1 aliphatic heterocycles. The van der Waals surface area contributed by atoms with Crippen molar-refractivity contribution in [3.63, 3.8) is 0 Å². The highest BCUT2D eigenvalue weighted by molar-refractivity contribution is 14.0. The molecule has 6 heteroatoms. The van der Waals surface area contributed by atoms with Gasteiger partial charge in [0.2, 0.25) is 0 Å². The molecule has 0 fully saturated rings. The van der Waals surface area contributed by atoms with Crippen molar-refractivity contribution >= 4 is 40.9 Å². The van der Waals surface area contributed by atoms with E-state index >= 15 is 0 Å². The largest absolute Gasteiger partial charge is 0.356 e. The van der Waals surface area contributed by atoms with Gasteiger partial charge in [-0.2, -0.15) is 0 Å². The van der Waals surface area contributed by atoms with Crippen LogP contribution in [0.3, 0.4) is 0 Å². The highest BCUT2D eigenvalue weighted by Gasteiger charge is 2.30. The van der Waals surface area contributed by atoms with Gasteiger partial charge in [-0.25, -0.2) is 8.78 Å². The molecular weight excluding hydrogens is 417 g/mol. The van der Waals surface area contributed by atoms with Crippen LogP contribution in [0, 0.1) is 11.6 Å². The molecule has 0 spiro atoms. The van der Waals surface area contributed by atoms with Crippen LogP contribution < -0.4 is 5.32 Å². The number of benzene rings is 2. The topological polar surface area (TPSA) is 24.4 Å². The molecule has 0 radical (unpaired) electrons. The number of aliphatic imine (C=N–C) groups is 1. The molecule has 0 saturated carbocycles. The fourth-order valence-electron chi connectivity index (χ4n) is 2.42. The fourth-order valence-corrected chi connectivity index (χ4v) is 2.89. The molecule has 2 aromatic carbocycles. The van der Waals surface area contributed by atoms with Gasteiger partial charge in [0, 0.05) is 0 Å². The summed E-state index contributed by atoms with van der Waals surface area (Å²) in [4.78, 5) is 4.64. The van der Waals surface area contributed by atoms with E-state index in [9.17, 15) is 8.78 Å². The molecule has 2 atom stereocenters. The Balaban J connectivity index is 0.00000176. The molecule has 3 rings (SSSR count). The summed E-state index contributed by atoms with van der Waals surface area (Å²) < 4.78 is 26.2. The molecule has 0 unspecified atom stereocenters.